The number of nitrogens with zero attached hydrogens (tertiary/aromatic N) is 2. The zero-order valence-corrected chi connectivity index (χ0v) is 9.91. The molecule has 0 spiro atoms. The molecule has 6 nitrogen and oxygen atoms in total. The Morgan fingerprint density at radius 2 is 1.83 bits per heavy atom. The number of phenols is 1. The van der Waals surface area contributed by atoms with Crippen molar-refractivity contribution in [3.8, 4) is 5.75 Å². The second kappa shape index (κ2) is 4.56. The highest BCUT2D eigenvalue weighted by molar-refractivity contribution is 5.93. The molecular weight excluding hydrogens is 236 g/mol. The molecule has 6 heteroatoms. The zero-order chi connectivity index (χ0) is 13.3. The van der Waals surface area contributed by atoms with Gasteiger partial charge in [-0.25, -0.2) is 4.79 Å². The van der Waals surface area contributed by atoms with Crippen LogP contribution in [0.25, 0.3) is 0 Å². The molecule has 18 heavy (non-hydrogen) atoms. The van der Waals surface area contributed by atoms with E-state index in [1.807, 2.05) is 0 Å². The van der Waals surface area contributed by atoms with E-state index in [0.29, 0.717) is 5.69 Å². The van der Waals surface area contributed by atoms with Gasteiger partial charge in [0.1, 0.15) is 5.75 Å². The number of phenolic OH excluding ortho intramolecular Hbond substituents is 1. The van der Waals surface area contributed by atoms with E-state index in [9.17, 15) is 9.59 Å². The molecule has 2 amide bonds. The smallest absolute Gasteiger partial charge is 0.324 e. The maximum atomic E-state index is 12.0. The van der Waals surface area contributed by atoms with E-state index in [-0.39, 0.29) is 24.9 Å². The second-order valence-electron chi connectivity index (χ2n) is 4.30. The van der Waals surface area contributed by atoms with Crippen molar-refractivity contribution in [1.29, 1.82) is 0 Å². The minimum atomic E-state index is -0.869. The molecule has 1 aromatic rings. The van der Waals surface area contributed by atoms with E-state index in [4.69, 9.17) is 10.2 Å². The first-order chi connectivity index (χ1) is 8.49. The summed E-state index contributed by atoms with van der Waals surface area (Å²) in [6.45, 7) is 0.493. The quantitative estimate of drug-likeness (QED) is 0.819. The molecule has 0 bridgehead atoms. The largest absolute Gasteiger partial charge is 0.508 e. The fourth-order valence-corrected chi connectivity index (χ4v) is 1.79. The van der Waals surface area contributed by atoms with Gasteiger partial charge in [-0.1, -0.05) is 0 Å². The number of carbonyl (C=O) groups is 2. The number of anilines is 1. The number of aliphatic carboxylic acids is 1. The number of hydrogen-bond acceptors (Lipinski definition) is 3. The molecular formula is C12H14N2O4. The lowest BCUT2D eigenvalue weighted by Crippen LogP contribution is -2.56. The molecule has 96 valence electrons. The highest BCUT2D eigenvalue weighted by Crippen LogP contribution is 2.22. The topological polar surface area (TPSA) is 81.1 Å². The van der Waals surface area contributed by atoms with Crippen LogP contribution in [-0.4, -0.2) is 47.3 Å². The molecule has 0 aliphatic carbocycles. The number of likely N-dealkylation sites (tertiary alicyclic amines) is 1. The second-order valence-corrected chi connectivity index (χ2v) is 4.30. The minimum Gasteiger partial charge on any atom is -0.508 e. The first kappa shape index (κ1) is 12.2. The monoisotopic (exact) mass is 250 g/mol. The first-order valence-corrected chi connectivity index (χ1v) is 5.53. The van der Waals surface area contributed by atoms with Crippen molar-refractivity contribution in [3.63, 3.8) is 0 Å². The molecule has 2 N–H and O–H groups in total. The molecule has 0 radical (unpaired) electrons. The van der Waals surface area contributed by atoms with Crippen molar-refractivity contribution in [1.82, 2.24) is 4.90 Å². The average Bonchev–Trinajstić information content (AvgIpc) is 2.26. The van der Waals surface area contributed by atoms with Crippen LogP contribution in [0.4, 0.5) is 10.5 Å². The van der Waals surface area contributed by atoms with Gasteiger partial charge in [-0.15, -0.1) is 0 Å². The van der Waals surface area contributed by atoms with Crippen LogP contribution in [0.15, 0.2) is 24.3 Å². The van der Waals surface area contributed by atoms with Gasteiger partial charge in [0.05, 0.1) is 5.92 Å². The SMILES string of the molecule is CN(C(=O)N1CC(C(=O)O)C1)c1ccc(O)cc1. The van der Waals surface area contributed by atoms with E-state index >= 15 is 0 Å². The molecule has 1 aromatic carbocycles. The van der Waals surface area contributed by atoms with Crippen molar-refractivity contribution in [3.05, 3.63) is 24.3 Å². The number of hydrogen-bond donors (Lipinski definition) is 2. The number of urea groups is 1. The van der Waals surface area contributed by atoms with E-state index in [0.717, 1.165) is 0 Å². The summed E-state index contributed by atoms with van der Waals surface area (Å²) in [6.07, 6.45) is 0. The van der Waals surface area contributed by atoms with Crippen LogP contribution >= 0.6 is 0 Å². The number of carboxylic acids is 1. The third-order valence-corrected chi connectivity index (χ3v) is 3.03. The molecule has 1 aliphatic heterocycles. The summed E-state index contributed by atoms with van der Waals surface area (Å²) in [4.78, 5) is 25.5. The van der Waals surface area contributed by atoms with Crippen LogP contribution in [0.2, 0.25) is 0 Å². The number of amides is 2. The van der Waals surface area contributed by atoms with Gasteiger partial charge >= 0.3 is 12.0 Å². The average molecular weight is 250 g/mol. The van der Waals surface area contributed by atoms with Crippen LogP contribution in [0.5, 0.6) is 5.75 Å². The molecule has 0 atom stereocenters. The predicted octanol–water partition coefficient (Wildman–Crippen LogP) is 0.965. The molecule has 1 saturated heterocycles. The normalized spacial score (nSPS) is 15.1. The highest BCUT2D eigenvalue weighted by Gasteiger charge is 2.37. The summed E-state index contributed by atoms with van der Waals surface area (Å²) in [7, 11) is 1.61. The van der Waals surface area contributed by atoms with Crippen molar-refractivity contribution >= 4 is 17.7 Å². The van der Waals surface area contributed by atoms with Gasteiger partial charge in [-0.05, 0) is 24.3 Å². The fourth-order valence-electron chi connectivity index (χ4n) is 1.79. The molecule has 1 aliphatic rings. The third kappa shape index (κ3) is 2.22. The van der Waals surface area contributed by atoms with Gasteiger partial charge in [0.15, 0.2) is 0 Å². The van der Waals surface area contributed by atoms with Gasteiger partial charge in [-0.3, -0.25) is 9.69 Å². The highest BCUT2D eigenvalue weighted by atomic mass is 16.4. The van der Waals surface area contributed by atoms with Crippen LogP contribution < -0.4 is 4.90 Å². The Labute approximate surface area is 104 Å². The summed E-state index contributed by atoms with van der Waals surface area (Å²) in [5.41, 5.74) is 0.650. The van der Waals surface area contributed by atoms with E-state index < -0.39 is 11.9 Å². The summed E-state index contributed by atoms with van der Waals surface area (Å²) in [5, 5.41) is 17.9. The number of rotatable bonds is 2. The van der Waals surface area contributed by atoms with Gasteiger partial charge in [-0.2, -0.15) is 0 Å². The lowest BCUT2D eigenvalue weighted by Gasteiger charge is -2.38. The first-order valence-electron chi connectivity index (χ1n) is 5.53. The zero-order valence-electron chi connectivity index (χ0n) is 9.91. The lowest BCUT2D eigenvalue weighted by atomic mass is 10.0. The van der Waals surface area contributed by atoms with Crippen LogP contribution in [0.1, 0.15) is 0 Å². The minimum absolute atomic E-state index is 0.134. The number of carboxylic acid groups (broad SMARTS) is 1. The van der Waals surface area contributed by atoms with Crippen LogP contribution in [0.3, 0.4) is 0 Å². The summed E-state index contributed by atoms with van der Waals surface area (Å²) >= 11 is 0. The fraction of sp³-hybridized carbons (Fsp3) is 0.333. The molecule has 2 rings (SSSR count). The Kier molecular flexibility index (Phi) is 3.10. The van der Waals surface area contributed by atoms with E-state index in [2.05, 4.69) is 0 Å². The maximum absolute atomic E-state index is 12.0. The van der Waals surface area contributed by atoms with Crippen molar-refractivity contribution in [2.45, 2.75) is 0 Å². The third-order valence-electron chi connectivity index (χ3n) is 3.03. The Balaban J connectivity index is 1.98. The van der Waals surface area contributed by atoms with E-state index in [1.165, 1.54) is 21.9 Å². The Hall–Kier alpha value is -2.24. The molecule has 0 unspecified atom stereocenters. The van der Waals surface area contributed by atoms with Crippen LogP contribution in [-0.2, 0) is 4.79 Å². The summed E-state index contributed by atoms with van der Waals surface area (Å²) in [5.74, 6) is -1.19. The standard InChI is InChI=1S/C12H14N2O4/c1-13(9-2-4-10(15)5-3-9)12(18)14-6-8(7-14)11(16)17/h2-5,8,15H,6-7H2,1H3,(H,16,17). The molecule has 1 fully saturated rings. The number of carbonyl (C=O) groups excluding carboxylic acids is 1. The van der Waals surface area contributed by atoms with Gasteiger partial charge in [0.2, 0.25) is 0 Å². The van der Waals surface area contributed by atoms with Crippen molar-refractivity contribution < 1.29 is 19.8 Å². The van der Waals surface area contributed by atoms with Crippen molar-refractivity contribution in [2.75, 3.05) is 25.0 Å². The number of aromatic hydroxyl groups is 1. The van der Waals surface area contributed by atoms with Crippen LogP contribution in [0, 0.1) is 5.92 Å². The van der Waals surface area contributed by atoms with Crippen molar-refractivity contribution in [2.24, 2.45) is 5.92 Å². The predicted molar refractivity (Wildman–Crippen MR) is 64.6 cm³/mol. The molecule has 0 aromatic heterocycles. The Morgan fingerprint density at radius 3 is 2.33 bits per heavy atom. The van der Waals surface area contributed by atoms with Gasteiger partial charge < -0.3 is 15.1 Å². The molecule has 0 saturated carbocycles. The summed E-state index contributed by atoms with van der Waals surface area (Å²) in [6, 6.07) is 6.01. The molecule has 1 heterocycles. The van der Waals surface area contributed by atoms with E-state index in [1.54, 1.807) is 19.2 Å². The lowest BCUT2D eigenvalue weighted by molar-refractivity contribution is -0.145. The number of benzene rings is 1. The van der Waals surface area contributed by atoms with Gasteiger partial charge in [0, 0.05) is 25.8 Å². The Morgan fingerprint density at radius 1 is 1.28 bits per heavy atom. The summed E-state index contributed by atoms with van der Waals surface area (Å²) < 4.78 is 0. The van der Waals surface area contributed by atoms with Gasteiger partial charge in [0.25, 0.3) is 0 Å². The Bertz CT molecular complexity index is 465. The maximum Gasteiger partial charge on any atom is 0.324 e.